The second kappa shape index (κ2) is 4.03. The van der Waals surface area contributed by atoms with Crippen LogP contribution in [0.25, 0.3) is 0 Å². The zero-order chi connectivity index (χ0) is 11.8. The van der Waals surface area contributed by atoms with Crippen LogP contribution in [0.5, 0.6) is 0 Å². The quantitative estimate of drug-likeness (QED) is 0.751. The van der Waals surface area contributed by atoms with Crippen molar-refractivity contribution in [1.29, 1.82) is 0 Å². The predicted molar refractivity (Wildman–Crippen MR) is 63.5 cm³/mol. The van der Waals surface area contributed by atoms with Crippen molar-refractivity contribution in [3.05, 3.63) is 11.8 Å². The summed E-state index contributed by atoms with van der Waals surface area (Å²) >= 11 is 0. The number of carbonyl (C=O) groups is 1. The highest BCUT2D eigenvalue weighted by atomic mass is 16.2. The van der Waals surface area contributed by atoms with E-state index >= 15 is 0 Å². The van der Waals surface area contributed by atoms with Crippen molar-refractivity contribution < 1.29 is 4.79 Å². The fourth-order valence-electron chi connectivity index (χ4n) is 2.35. The van der Waals surface area contributed by atoms with Gasteiger partial charge in [0.1, 0.15) is 11.5 Å². The Labute approximate surface area is 99.8 Å². The minimum atomic E-state index is 0.00430. The number of H-pyrrole nitrogens is 1. The van der Waals surface area contributed by atoms with Gasteiger partial charge in [-0.3, -0.25) is 14.8 Å². The van der Waals surface area contributed by atoms with Crippen molar-refractivity contribution in [3.63, 3.8) is 0 Å². The summed E-state index contributed by atoms with van der Waals surface area (Å²) in [6.07, 6.45) is 2.65. The van der Waals surface area contributed by atoms with E-state index in [-0.39, 0.29) is 5.91 Å². The first kappa shape index (κ1) is 10.6. The van der Waals surface area contributed by atoms with E-state index in [4.69, 9.17) is 5.73 Å². The van der Waals surface area contributed by atoms with Crippen LogP contribution in [0, 0.1) is 0 Å². The molecule has 1 aliphatic heterocycles. The van der Waals surface area contributed by atoms with Crippen LogP contribution in [0.4, 0.5) is 5.82 Å². The van der Waals surface area contributed by atoms with Gasteiger partial charge in [0, 0.05) is 38.3 Å². The highest BCUT2D eigenvalue weighted by molar-refractivity contribution is 5.93. The average Bonchev–Trinajstić information content (AvgIpc) is 3.11. The van der Waals surface area contributed by atoms with Crippen molar-refractivity contribution >= 4 is 11.7 Å². The molecule has 1 saturated heterocycles. The van der Waals surface area contributed by atoms with E-state index < -0.39 is 0 Å². The molecule has 0 atom stereocenters. The molecule has 2 heterocycles. The van der Waals surface area contributed by atoms with E-state index in [9.17, 15) is 4.79 Å². The third-order valence-corrected chi connectivity index (χ3v) is 3.49. The molecular weight excluding hydrogens is 218 g/mol. The lowest BCUT2D eigenvalue weighted by Crippen LogP contribution is -2.49. The summed E-state index contributed by atoms with van der Waals surface area (Å²) in [4.78, 5) is 16.4. The minimum Gasteiger partial charge on any atom is -0.382 e. The van der Waals surface area contributed by atoms with Gasteiger partial charge < -0.3 is 10.6 Å². The summed E-state index contributed by atoms with van der Waals surface area (Å²) in [5.74, 6) is 0.370. The maximum absolute atomic E-state index is 12.1. The average molecular weight is 235 g/mol. The predicted octanol–water partition coefficient (Wildman–Crippen LogP) is -0.0879. The number of nitrogens with one attached hydrogen (secondary N) is 1. The summed E-state index contributed by atoms with van der Waals surface area (Å²) in [5, 5.41) is 6.45. The van der Waals surface area contributed by atoms with Gasteiger partial charge in [0.25, 0.3) is 5.91 Å². The topological polar surface area (TPSA) is 78.3 Å². The van der Waals surface area contributed by atoms with Gasteiger partial charge in [0.05, 0.1) is 0 Å². The third kappa shape index (κ3) is 2.12. The van der Waals surface area contributed by atoms with Gasteiger partial charge in [0.15, 0.2) is 0 Å². The van der Waals surface area contributed by atoms with Crippen molar-refractivity contribution in [2.45, 2.75) is 18.9 Å². The Balaban J connectivity index is 1.60. The summed E-state index contributed by atoms with van der Waals surface area (Å²) in [6.45, 7) is 3.57. The van der Waals surface area contributed by atoms with Crippen LogP contribution in [0.3, 0.4) is 0 Å². The monoisotopic (exact) mass is 235 g/mol. The normalized spacial score (nSPS) is 21.8. The number of anilines is 1. The Kier molecular flexibility index (Phi) is 2.51. The molecule has 0 aromatic carbocycles. The molecule has 2 aliphatic rings. The first-order chi connectivity index (χ1) is 8.24. The Morgan fingerprint density at radius 3 is 2.59 bits per heavy atom. The highest BCUT2D eigenvalue weighted by Gasteiger charge is 2.32. The van der Waals surface area contributed by atoms with Gasteiger partial charge in [-0.25, -0.2) is 0 Å². The lowest BCUT2D eigenvalue weighted by Gasteiger charge is -2.34. The highest BCUT2D eigenvalue weighted by Crippen LogP contribution is 2.27. The molecule has 92 valence electrons. The van der Waals surface area contributed by atoms with Gasteiger partial charge in [-0.05, 0) is 12.8 Å². The van der Waals surface area contributed by atoms with Crippen LogP contribution in [-0.4, -0.2) is 58.1 Å². The van der Waals surface area contributed by atoms with Crippen LogP contribution >= 0.6 is 0 Å². The Hall–Kier alpha value is -1.56. The van der Waals surface area contributed by atoms with E-state index in [0.29, 0.717) is 11.5 Å². The lowest BCUT2D eigenvalue weighted by atomic mass is 10.2. The molecule has 0 bridgehead atoms. The van der Waals surface area contributed by atoms with Gasteiger partial charge in [-0.1, -0.05) is 0 Å². The number of hydrogen-bond donors (Lipinski definition) is 2. The van der Waals surface area contributed by atoms with Gasteiger partial charge in [-0.2, -0.15) is 5.10 Å². The first-order valence-corrected chi connectivity index (χ1v) is 6.08. The summed E-state index contributed by atoms with van der Waals surface area (Å²) in [6, 6.07) is 2.38. The molecule has 6 nitrogen and oxygen atoms in total. The largest absolute Gasteiger partial charge is 0.382 e. The second-order valence-corrected chi connectivity index (χ2v) is 4.77. The van der Waals surface area contributed by atoms with Crippen molar-refractivity contribution in [1.82, 2.24) is 20.0 Å². The summed E-state index contributed by atoms with van der Waals surface area (Å²) in [7, 11) is 0. The van der Waals surface area contributed by atoms with E-state index in [1.54, 1.807) is 6.07 Å². The molecular formula is C11H17N5O. The number of amides is 1. The fourth-order valence-corrected chi connectivity index (χ4v) is 2.35. The molecule has 1 saturated carbocycles. The molecule has 1 amide bonds. The lowest BCUT2D eigenvalue weighted by molar-refractivity contribution is 0.0621. The summed E-state index contributed by atoms with van der Waals surface area (Å²) in [5.41, 5.74) is 5.98. The molecule has 1 aliphatic carbocycles. The molecule has 6 heteroatoms. The number of nitrogens with zero attached hydrogens (tertiary/aromatic N) is 3. The van der Waals surface area contributed by atoms with Gasteiger partial charge in [0.2, 0.25) is 0 Å². The third-order valence-electron chi connectivity index (χ3n) is 3.49. The second-order valence-electron chi connectivity index (χ2n) is 4.77. The zero-order valence-electron chi connectivity index (χ0n) is 9.72. The van der Waals surface area contributed by atoms with E-state index in [1.807, 2.05) is 4.90 Å². The Morgan fingerprint density at radius 1 is 1.35 bits per heavy atom. The molecule has 0 radical (unpaired) electrons. The molecule has 0 spiro atoms. The fraction of sp³-hybridized carbons (Fsp3) is 0.636. The van der Waals surface area contributed by atoms with Crippen molar-refractivity contribution in [2.24, 2.45) is 0 Å². The van der Waals surface area contributed by atoms with Gasteiger partial charge >= 0.3 is 0 Å². The Morgan fingerprint density at radius 2 is 2.06 bits per heavy atom. The Bertz CT molecular complexity index is 417. The van der Waals surface area contributed by atoms with Gasteiger partial charge in [-0.15, -0.1) is 0 Å². The van der Waals surface area contributed by atoms with Crippen LogP contribution < -0.4 is 5.73 Å². The standard InChI is InChI=1S/C11H17N5O/c12-10-7-9(13-14-10)11(17)16-5-3-15(4-6-16)8-1-2-8/h7-8H,1-6H2,(H3,12,13,14). The number of carbonyl (C=O) groups excluding carboxylic acids is 1. The molecule has 17 heavy (non-hydrogen) atoms. The zero-order valence-corrected chi connectivity index (χ0v) is 9.72. The number of nitrogen functional groups attached to an aromatic ring is 1. The molecule has 0 unspecified atom stereocenters. The van der Waals surface area contributed by atoms with Crippen LogP contribution in [-0.2, 0) is 0 Å². The molecule has 1 aromatic heterocycles. The van der Waals surface area contributed by atoms with E-state index in [1.165, 1.54) is 12.8 Å². The summed E-state index contributed by atoms with van der Waals surface area (Å²) < 4.78 is 0. The molecule has 3 rings (SSSR count). The van der Waals surface area contributed by atoms with E-state index in [0.717, 1.165) is 32.2 Å². The smallest absolute Gasteiger partial charge is 0.272 e. The SMILES string of the molecule is Nc1cc(C(=O)N2CCN(C3CC3)CC2)[nH]n1. The minimum absolute atomic E-state index is 0.00430. The number of aromatic nitrogens is 2. The maximum Gasteiger partial charge on any atom is 0.272 e. The first-order valence-electron chi connectivity index (χ1n) is 6.08. The van der Waals surface area contributed by atoms with Crippen molar-refractivity contribution in [3.8, 4) is 0 Å². The number of piperazine rings is 1. The molecule has 3 N–H and O–H groups in total. The maximum atomic E-state index is 12.1. The number of hydrogen-bond acceptors (Lipinski definition) is 4. The number of nitrogens with two attached hydrogens (primary N) is 1. The van der Waals surface area contributed by atoms with Crippen molar-refractivity contribution in [2.75, 3.05) is 31.9 Å². The molecule has 2 fully saturated rings. The van der Waals surface area contributed by atoms with Crippen LogP contribution in [0.1, 0.15) is 23.3 Å². The van der Waals surface area contributed by atoms with Crippen LogP contribution in [0.15, 0.2) is 6.07 Å². The number of aromatic amines is 1. The molecule has 1 aromatic rings. The number of rotatable bonds is 2. The van der Waals surface area contributed by atoms with E-state index in [2.05, 4.69) is 15.1 Å². The van der Waals surface area contributed by atoms with Crippen LogP contribution in [0.2, 0.25) is 0 Å².